The zero-order chi connectivity index (χ0) is 9.68. The molecule has 1 aliphatic rings. The monoisotopic (exact) mass is 181 g/mol. The van der Waals surface area contributed by atoms with Gasteiger partial charge in [0.05, 0.1) is 19.0 Å². The lowest BCUT2D eigenvalue weighted by Gasteiger charge is -2.31. The van der Waals surface area contributed by atoms with Crippen molar-refractivity contribution in [3.05, 3.63) is 0 Å². The van der Waals surface area contributed by atoms with Crippen molar-refractivity contribution in [1.82, 2.24) is 9.80 Å². The fourth-order valence-electron chi connectivity index (χ4n) is 1.40. The molecular formula is C9H15N3O. The van der Waals surface area contributed by atoms with Crippen molar-refractivity contribution in [2.75, 3.05) is 39.8 Å². The topological polar surface area (TPSA) is 47.3 Å². The van der Waals surface area contributed by atoms with Crippen molar-refractivity contribution in [3.63, 3.8) is 0 Å². The number of nitriles is 1. The van der Waals surface area contributed by atoms with Crippen LogP contribution in [0.1, 0.15) is 6.42 Å². The Bertz CT molecular complexity index is 213. The molecule has 0 atom stereocenters. The fourth-order valence-corrected chi connectivity index (χ4v) is 1.40. The van der Waals surface area contributed by atoms with Gasteiger partial charge in [-0.15, -0.1) is 0 Å². The highest BCUT2D eigenvalue weighted by Gasteiger charge is 2.15. The number of carbonyl (C=O) groups is 1. The molecule has 1 rings (SSSR count). The highest BCUT2D eigenvalue weighted by atomic mass is 16.1. The molecule has 1 aliphatic heterocycles. The second-order valence-corrected chi connectivity index (χ2v) is 3.45. The van der Waals surface area contributed by atoms with E-state index in [2.05, 4.69) is 16.8 Å². The van der Waals surface area contributed by atoms with E-state index < -0.39 is 0 Å². The summed E-state index contributed by atoms with van der Waals surface area (Å²) in [5.74, 6) is 0.0343. The first-order valence-electron chi connectivity index (χ1n) is 4.52. The maximum atomic E-state index is 11.1. The van der Waals surface area contributed by atoms with Gasteiger partial charge in [0.1, 0.15) is 0 Å². The second kappa shape index (κ2) is 4.95. The number of hydrogen-bond donors (Lipinski definition) is 0. The number of ketones is 1. The van der Waals surface area contributed by atoms with Gasteiger partial charge in [0, 0.05) is 26.2 Å². The van der Waals surface area contributed by atoms with Crippen LogP contribution in [0.5, 0.6) is 0 Å². The van der Waals surface area contributed by atoms with Gasteiger partial charge in [-0.1, -0.05) is 0 Å². The minimum absolute atomic E-state index is 0.0343. The summed E-state index contributed by atoms with van der Waals surface area (Å²) >= 11 is 0. The van der Waals surface area contributed by atoms with Gasteiger partial charge in [-0.2, -0.15) is 5.26 Å². The van der Waals surface area contributed by atoms with E-state index in [9.17, 15) is 4.79 Å². The molecule has 13 heavy (non-hydrogen) atoms. The van der Waals surface area contributed by atoms with Crippen LogP contribution in [-0.4, -0.2) is 55.4 Å². The zero-order valence-corrected chi connectivity index (χ0v) is 7.99. The minimum atomic E-state index is 0.0343. The van der Waals surface area contributed by atoms with Crippen LogP contribution in [0.2, 0.25) is 0 Å². The van der Waals surface area contributed by atoms with Gasteiger partial charge in [-0.3, -0.25) is 9.69 Å². The van der Waals surface area contributed by atoms with Gasteiger partial charge >= 0.3 is 0 Å². The SMILES string of the molecule is CN1CCN(CC(=O)CC#N)CC1. The second-order valence-electron chi connectivity index (χ2n) is 3.45. The van der Waals surface area contributed by atoms with Gasteiger partial charge in [0.15, 0.2) is 5.78 Å². The van der Waals surface area contributed by atoms with Crippen molar-refractivity contribution in [2.45, 2.75) is 6.42 Å². The number of nitrogens with zero attached hydrogens (tertiary/aromatic N) is 3. The largest absolute Gasteiger partial charge is 0.304 e. The van der Waals surface area contributed by atoms with E-state index in [0.29, 0.717) is 6.54 Å². The lowest BCUT2D eigenvalue weighted by molar-refractivity contribution is -0.119. The fraction of sp³-hybridized carbons (Fsp3) is 0.778. The predicted octanol–water partition coefficient (Wildman–Crippen LogP) is -0.283. The van der Waals surface area contributed by atoms with Crippen molar-refractivity contribution in [2.24, 2.45) is 0 Å². The van der Waals surface area contributed by atoms with E-state index in [1.807, 2.05) is 6.07 Å². The number of hydrogen-bond acceptors (Lipinski definition) is 4. The summed E-state index contributed by atoms with van der Waals surface area (Å²) in [5.41, 5.74) is 0. The molecule has 1 saturated heterocycles. The molecule has 0 unspecified atom stereocenters. The quantitative estimate of drug-likeness (QED) is 0.600. The summed E-state index contributed by atoms with van der Waals surface area (Å²) in [6.45, 7) is 4.35. The van der Waals surface area contributed by atoms with Gasteiger partial charge in [0.25, 0.3) is 0 Å². The van der Waals surface area contributed by atoms with Crippen LogP contribution in [0.25, 0.3) is 0 Å². The number of likely N-dealkylation sites (N-methyl/N-ethyl adjacent to an activating group) is 1. The van der Waals surface area contributed by atoms with Crippen molar-refractivity contribution in [3.8, 4) is 6.07 Å². The third-order valence-corrected chi connectivity index (χ3v) is 2.27. The highest BCUT2D eigenvalue weighted by Crippen LogP contribution is 1.99. The molecule has 0 bridgehead atoms. The van der Waals surface area contributed by atoms with Crippen LogP contribution in [0, 0.1) is 11.3 Å². The third kappa shape index (κ3) is 3.53. The van der Waals surface area contributed by atoms with E-state index in [1.165, 1.54) is 0 Å². The van der Waals surface area contributed by atoms with Gasteiger partial charge in [0.2, 0.25) is 0 Å². The average Bonchev–Trinajstić information content (AvgIpc) is 2.09. The van der Waals surface area contributed by atoms with Crippen LogP contribution < -0.4 is 0 Å². The molecule has 1 fully saturated rings. The predicted molar refractivity (Wildman–Crippen MR) is 49.2 cm³/mol. The zero-order valence-electron chi connectivity index (χ0n) is 7.99. The van der Waals surface area contributed by atoms with Crippen molar-refractivity contribution >= 4 is 5.78 Å². The number of carbonyl (C=O) groups excluding carboxylic acids is 1. The maximum Gasteiger partial charge on any atom is 0.160 e. The molecule has 0 aliphatic carbocycles. The number of Topliss-reactive ketones (excluding diaryl/α,β-unsaturated/α-hetero) is 1. The van der Waals surface area contributed by atoms with Crippen molar-refractivity contribution in [1.29, 1.82) is 5.26 Å². The summed E-state index contributed by atoms with van der Waals surface area (Å²) in [6.07, 6.45) is 0.0480. The van der Waals surface area contributed by atoms with E-state index >= 15 is 0 Å². The average molecular weight is 181 g/mol. The van der Waals surface area contributed by atoms with E-state index in [4.69, 9.17) is 5.26 Å². The number of rotatable bonds is 3. The van der Waals surface area contributed by atoms with Crippen LogP contribution in [-0.2, 0) is 4.79 Å². The van der Waals surface area contributed by atoms with Crippen LogP contribution in [0.15, 0.2) is 0 Å². The molecule has 1 heterocycles. The van der Waals surface area contributed by atoms with Crippen LogP contribution >= 0.6 is 0 Å². The van der Waals surface area contributed by atoms with Gasteiger partial charge in [-0.05, 0) is 7.05 Å². The molecule has 0 aromatic carbocycles. The van der Waals surface area contributed by atoms with Crippen molar-refractivity contribution < 1.29 is 4.79 Å². The molecular weight excluding hydrogens is 166 g/mol. The molecule has 72 valence electrons. The molecule has 4 heteroatoms. The van der Waals surface area contributed by atoms with E-state index in [0.717, 1.165) is 26.2 Å². The molecule has 0 spiro atoms. The molecule has 0 aromatic rings. The van der Waals surface area contributed by atoms with Crippen LogP contribution in [0.3, 0.4) is 0 Å². The van der Waals surface area contributed by atoms with Gasteiger partial charge < -0.3 is 4.90 Å². The summed E-state index contributed by atoms with van der Waals surface area (Å²) in [4.78, 5) is 15.5. The first kappa shape index (κ1) is 10.2. The minimum Gasteiger partial charge on any atom is -0.304 e. The summed E-state index contributed by atoms with van der Waals surface area (Å²) in [5, 5.41) is 8.31. The van der Waals surface area contributed by atoms with Crippen LogP contribution in [0.4, 0.5) is 0 Å². The first-order chi connectivity index (χ1) is 6.22. The number of piperazine rings is 1. The summed E-state index contributed by atoms with van der Waals surface area (Å²) in [7, 11) is 2.08. The highest BCUT2D eigenvalue weighted by molar-refractivity contribution is 5.82. The lowest BCUT2D eigenvalue weighted by atomic mass is 10.2. The molecule has 0 radical (unpaired) electrons. The van der Waals surface area contributed by atoms with Gasteiger partial charge in [-0.25, -0.2) is 0 Å². The third-order valence-electron chi connectivity index (χ3n) is 2.27. The Hall–Kier alpha value is -0.920. The Morgan fingerprint density at radius 1 is 1.38 bits per heavy atom. The summed E-state index contributed by atoms with van der Waals surface area (Å²) in [6, 6.07) is 1.88. The maximum absolute atomic E-state index is 11.1. The first-order valence-corrected chi connectivity index (χ1v) is 4.52. The Morgan fingerprint density at radius 2 is 2.00 bits per heavy atom. The Kier molecular flexibility index (Phi) is 3.87. The molecule has 4 nitrogen and oxygen atoms in total. The smallest absolute Gasteiger partial charge is 0.160 e. The van der Waals surface area contributed by atoms with E-state index in [1.54, 1.807) is 0 Å². The molecule has 0 saturated carbocycles. The Morgan fingerprint density at radius 3 is 2.54 bits per heavy atom. The normalized spacial score (nSPS) is 19.7. The molecule has 0 N–H and O–H groups in total. The Balaban J connectivity index is 2.23. The van der Waals surface area contributed by atoms with E-state index in [-0.39, 0.29) is 12.2 Å². The molecule has 0 aromatic heterocycles. The lowest BCUT2D eigenvalue weighted by Crippen LogP contribution is -2.46. The molecule has 0 amide bonds. The Labute approximate surface area is 78.7 Å². The standard InChI is InChI=1S/C9H15N3O/c1-11-4-6-12(7-5-11)8-9(13)2-3-10/h2,4-8H2,1H3. The summed E-state index contributed by atoms with van der Waals surface area (Å²) < 4.78 is 0.